The SMILES string of the molecule is CC1=NN(Cc2ccccn2)C(C)C1(C)C(=O)NN. The molecule has 0 aliphatic carbocycles. The lowest BCUT2D eigenvalue weighted by atomic mass is 9.79. The van der Waals surface area contributed by atoms with Gasteiger partial charge in [0.1, 0.15) is 5.41 Å². The van der Waals surface area contributed by atoms with Gasteiger partial charge in [-0.1, -0.05) is 6.07 Å². The molecule has 0 bridgehead atoms. The number of aromatic nitrogens is 1. The van der Waals surface area contributed by atoms with E-state index in [4.69, 9.17) is 5.84 Å². The maximum Gasteiger partial charge on any atom is 0.247 e. The summed E-state index contributed by atoms with van der Waals surface area (Å²) in [5.41, 5.74) is 3.21. The van der Waals surface area contributed by atoms with Crippen LogP contribution >= 0.6 is 0 Å². The Morgan fingerprint density at radius 2 is 2.32 bits per heavy atom. The number of carbonyl (C=O) groups excluding carboxylic acids is 1. The van der Waals surface area contributed by atoms with Crippen LogP contribution < -0.4 is 11.3 Å². The normalized spacial score (nSPS) is 26.2. The number of amides is 1. The highest BCUT2D eigenvalue weighted by molar-refractivity contribution is 6.08. The topological polar surface area (TPSA) is 83.6 Å². The van der Waals surface area contributed by atoms with Crippen LogP contribution in [0.1, 0.15) is 26.5 Å². The average molecular weight is 261 g/mol. The molecular formula is C13H19N5O. The highest BCUT2D eigenvalue weighted by Gasteiger charge is 2.48. The molecule has 0 saturated heterocycles. The summed E-state index contributed by atoms with van der Waals surface area (Å²) in [6.07, 6.45) is 1.75. The van der Waals surface area contributed by atoms with Gasteiger partial charge >= 0.3 is 0 Å². The molecule has 0 spiro atoms. The zero-order valence-electron chi connectivity index (χ0n) is 11.4. The first kappa shape index (κ1) is 13.5. The largest absolute Gasteiger partial charge is 0.293 e. The van der Waals surface area contributed by atoms with Gasteiger partial charge in [0.15, 0.2) is 0 Å². The van der Waals surface area contributed by atoms with Crippen LogP contribution in [-0.2, 0) is 11.3 Å². The summed E-state index contributed by atoms with van der Waals surface area (Å²) in [7, 11) is 0. The molecule has 1 aromatic heterocycles. The zero-order valence-corrected chi connectivity index (χ0v) is 11.4. The summed E-state index contributed by atoms with van der Waals surface area (Å²) in [5, 5.41) is 6.36. The molecule has 3 N–H and O–H groups in total. The van der Waals surface area contributed by atoms with Gasteiger partial charge in [-0.25, -0.2) is 5.84 Å². The Balaban J connectivity index is 2.21. The first-order chi connectivity index (χ1) is 9.00. The number of nitrogens with two attached hydrogens (primary N) is 1. The molecule has 6 heteroatoms. The number of hydrazone groups is 1. The lowest BCUT2D eigenvalue weighted by molar-refractivity contribution is -0.128. The van der Waals surface area contributed by atoms with Crippen LogP contribution in [0, 0.1) is 5.41 Å². The van der Waals surface area contributed by atoms with Crippen molar-refractivity contribution in [3.63, 3.8) is 0 Å². The highest BCUT2D eigenvalue weighted by atomic mass is 16.2. The van der Waals surface area contributed by atoms with Crippen molar-refractivity contribution in [1.29, 1.82) is 0 Å². The van der Waals surface area contributed by atoms with Crippen LogP contribution in [0.15, 0.2) is 29.5 Å². The average Bonchev–Trinajstić information content (AvgIpc) is 2.64. The predicted molar refractivity (Wildman–Crippen MR) is 72.8 cm³/mol. The van der Waals surface area contributed by atoms with Crippen molar-refractivity contribution in [2.45, 2.75) is 33.4 Å². The molecule has 19 heavy (non-hydrogen) atoms. The maximum atomic E-state index is 12.0. The van der Waals surface area contributed by atoms with E-state index in [1.54, 1.807) is 6.20 Å². The molecule has 2 heterocycles. The van der Waals surface area contributed by atoms with E-state index in [9.17, 15) is 4.79 Å². The lowest BCUT2D eigenvalue weighted by Gasteiger charge is -2.31. The van der Waals surface area contributed by atoms with Crippen LogP contribution in [0.2, 0.25) is 0 Å². The number of hydrazine groups is 1. The van der Waals surface area contributed by atoms with E-state index in [-0.39, 0.29) is 11.9 Å². The number of rotatable bonds is 3. The molecule has 1 aliphatic rings. The Kier molecular flexibility index (Phi) is 3.53. The highest BCUT2D eigenvalue weighted by Crippen LogP contribution is 2.34. The Morgan fingerprint density at radius 1 is 1.58 bits per heavy atom. The third kappa shape index (κ3) is 2.19. The second-order valence-electron chi connectivity index (χ2n) is 4.96. The number of nitrogens with one attached hydrogen (secondary N) is 1. The number of carbonyl (C=O) groups is 1. The molecule has 6 nitrogen and oxygen atoms in total. The van der Waals surface area contributed by atoms with Gasteiger partial charge < -0.3 is 0 Å². The van der Waals surface area contributed by atoms with Crippen LogP contribution in [-0.4, -0.2) is 27.7 Å². The van der Waals surface area contributed by atoms with Crippen molar-refractivity contribution in [2.75, 3.05) is 0 Å². The zero-order chi connectivity index (χ0) is 14.0. The molecule has 2 rings (SSSR count). The van der Waals surface area contributed by atoms with Crippen molar-refractivity contribution < 1.29 is 4.79 Å². The van der Waals surface area contributed by atoms with Crippen LogP contribution in [0.3, 0.4) is 0 Å². The summed E-state index contributed by atoms with van der Waals surface area (Å²) in [4.78, 5) is 16.3. The summed E-state index contributed by atoms with van der Waals surface area (Å²) >= 11 is 0. The van der Waals surface area contributed by atoms with Gasteiger partial charge in [-0.05, 0) is 32.9 Å². The molecule has 0 saturated carbocycles. The molecule has 0 aromatic carbocycles. The molecule has 1 aliphatic heterocycles. The molecule has 1 aromatic rings. The van der Waals surface area contributed by atoms with Gasteiger partial charge in [-0.3, -0.25) is 20.2 Å². The van der Waals surface area contributed by atoms with Gasteiger partial charge in [-0.2, -0.15) is 5.10 Å². The molecule has 2 atom stereocenters. The molecule has 0 fully saturated rings. The van der Waals surface area contributed by atoms with Gasteiger partial charge in [0.25, 0.3) is 0 Å². The summed E-state index contributed by atoms with van der Waals surface area (Å²) in [5.74, 6) is 5.06. The summed E-state index contributed by atoms with van der Waals surface area (Å²) in [6, 6.07) is 5.68. The second-order valence-corrected chi connectivity index (χ2v) is 4.96. The van der Waals surface area contributed by atoms with E-state index < -0.39 is 5.41 Å². The smallest absolute Gasteiger partial charge is 0.247 e. The Hall–Kier alpha value is -1.95. The number of hydrogen-bond acceptors (Lipinski definition) is 5. The van der Waals surface area contributed by atoms with Crippen molar-refractivity contribution in [3.05, 3.63) is 30.1 Å². The van der Waals surface area contributed by atoms with E-state index in [1.165, 1.54) is 0 Å². The monoisotopic (exact) mass is 261 g/mol. The van der Waals surface area contributed by atoms with E-state index in [1.807, 2.05) is 44.0 Å². The minimum atomic E-state index is -0.705. The molecule has 1 amide bonds. The van der Waals surface area contributed by atoms with Crippen molar-refractivity contribution in [3.8, 4) is 0 Å². The number of pyridine rings is 1. The van der Waals surface area contributed by atoms with Gasteiger partial charge in [0.2, 0.25) is 5.91 Å². The fourth-order valence-corrected chi connectivity index (χ4v) is 2.32. The summed E-state index contributed by atoms with van der Waals surface area (Å²) in [6.45, 7) is 6.26. The number of hydrogen-bond donors (Lipinski definition) is 2. The second kappa shape index (κ2) is 4.97. The number of nitrogens with zero attached hydrogens (tertiary/aromatic N) is 3. The Morgan fingerprint density at radius 3 is 2.89 bits per heavy atom. The van der Waals surface area contributed by atoms with E-state index in [0.717, 1.165) is 11.4 Å². The molecule has 102 valence electrons. The van der Waals surface area contributed by atoms with E-state index in [2.05, 4.69) is 15.5 Å². The van der Waals surface area contributed by atoms with Gasteiger partial charge in [0.05, 0.1) is 24.0 Å². The van der Waals surface area contributed by atoms with Crippen molar-refractivity contribution >= 4 is 11.6 Å². The van der Waals surface area contributed by atoms with Crippen molar-refractivity contribution in [1.82, 2.24) is 15.4 Å². The minimum absolute atomic E-state index is 0.0712. The van der Waals surface area contributed by atoms with Crippen molar-refractivity contribution in [2.24, 2.45) is 16.4 Å². The maximum absolute atomic E-state index is 12.0. The fourth-order valence-electron chi connectivity index (χ4n) is 2.32. The van der Waals surface area contributed by atoms with Crippen LogP contribution in [0.4, 0.5) is 0 Å². The van der Waals surface area contributed by atoms with Gasteiger partial charge in [-0.15, -0.1) is 0 Å². The van der Waals surface area contributed by atoms with Crippen LogP contribution in [0.25, 0.3) is 0 Å². The summed E-state index contributed by atoms with van der Waals surface area (Å²) < 4.78 is 0. The van der Waals surface area contributed by atoms with Gasteiger partial charge in [0, 0.05) is 6.20 Å². The molecule has 0 radical (unpaired) electrons. The standard InChI is InChI=1S/C13H19N5O/c1-9-13(3,12(19)16-14)10(2)18(17-9)8-11-6-4-5-7-15-11/h4-7,10H,8,14H2,1-3H3,(H,16,19). The van der Waals surface area contributed by atoms with E-state index in [0.29, 0.717) is 6.54 Å². The molecular weight excluding hydrogens is 242 g/mol. The van der Waals surface area contributed by atoms with Crippen LogP contribution in [0.5, 0.6) is 0 Å². The quantitative estimate of drug-likeness (QED) is 0.475. The fraction of sp³-hybridized carbons (Fsp3) is 0.462. The third-order valence-electron chi connectivity index (χ3n) is 3.97. The predicted octanol–water partition coefficient (Wildman–Crippen LogP) is 0.658. The Bertz CT molecular complexity index is 501. The first-order valence-corrected chi connectivity index (χ1v) is 6.23. The molecule has 2 unspecified atom stereocenters. The minimum Gasteiger partial charge on any atom is -0.293 e. The first-order valence-electron chi connectivity index (χ1n) is 6.23. The third-order valence-corrected chi connectivity index (χ3v) is 3.97. The Labute approximate surface area is 112 Å². The lowest BCUT2D eigenvalue weighted by Crippen LogP contribution is -2.52. The van der Waals surface area contributed by atoms with E-state index >= 15 is 0 Å².